The summed E-state index contributed by atoms with van der Waals surface area (Å²) in [6.07, 6.45) is 0. The molecule has 0 spiro atoms. The first-order valence-corrected chi connectivity index (χ1v) is 7.89. The molecule has 0 bridgehead atoms. The van der Waals surface area contributed by atoms with Crippen LogP contribution in [0, 0.1) is 13.8 Å². The van der Waals surface area contributed by atoms with Crippen LogP contribution in [0.25, 0.3) is 0 Å². The fourth-order valence-electron chi connectivity index (χ4n) is 2.35. The molecule has 106 valence electrons. The van der Waals surface area contributed by atoms with Gasteiger partial charge in [0.25, 0.3) is 0 Å². The normalized spacial score (nSPS) is 12.4. The highest BCUT2D eigenvalue weighted by atomic mass is 79.9. The summed E-state index contributed by atoms with van der Waals surface area (Å²) in [5, 5.41) is 4.32. The van der Waals surface area contributed by atoms with Crippen molar-refractivity contribution in [3.8, 4) is 0 Å². The Bertz CT molecular complexity index is 610. The molecule has 3 heteroatoms. The molecular weight excluding hydrogens is 334 g/mol. The third-order valence-corrected chi connectivity index (χ3v) is 4.48. The van der Waals surface area contributed by atoms with Crippen molar-refractivity contribution in [2.75, 3.05) is 0 Å². The molecule has 2 aromatic rings. The van der Waals surface area contributed by atoms with Crippen LogP contribution in [-0.2, 0) is 6.54 Å². The van der Waals surface area contributed by atoms with E-state index in [-0.39, 0.29) is 0 Å². The van der Waals surface area contributed by atoms with Gasteiger partial charge in [0.05, 0.1) is 0 Å². The van der Waals surface area contributed by atoms with Gasteiger partial charge in [0, 0.05) is 22.1 Å². The van der Waals surface area contributed by atoms with E-state index in [1.54, 1.807) is 0 Å². The first-order valence-electron chi connectivity index (χ1n) is 6.72. The van der Waals surface area contributed by atoms with Gasteiger partial charge in [-0.25, -0.2) is 0 Å². The fraction of sp³-hybridized carbons (Fsp3) is 0.294. The maximum absolute atomic E-state index is 5.96. The smallest absolute Gasteiger partial charge is 0.0417 e. The Morgan fingerprint density at radius 1 is 1.15 bits per heavy atom. The molecule has 0 radical (unpaired) electrons. The molecule has 0 amide bonds. The zero-order chi connectivity index (χ0) is 14.7. The first-order chi connectivity index (χ1) is 9.47. The van der Waals surface area contributed by atoms with Gasteiger partial charge in [-0.05, 0) is 49.6 Å². The molecule has 0 aliphatic carbocycles. The molecule has 2 rings (SSSR count). The van der Waals surface area contributed by atoms with Crippen molar-refractivity contribution in [1.29, 1.82) is 0 Å². The van der Waals surface area contributed by atoms with Crippen LogP contribution in [0.4, 0.5) is 0 Å². The molecule has 0 saturated carbocycles. The van der Waals surface area contributed by atoms with Gasteiger partial charge in [-0.1, -0.05) is 57.4 Å². The molecule has 0 saturated heterocycles. The van der Waals surface area contributed by atoms with Crippen LogP contribution < -0.4 is 5.32 Å². The van der Waals surface area contributed by atoms with E-state index in [0.29, 0.717) is 6.04 Å². The van der Waals surface area contributed by atoms with E-state index in [2.05, 4.69) is 60.2 Å². The van der Waals surface area contributed by atoms with Crippen molar-refractivity contribution in [2.45, 2.75) is 33.4 Å². The molecule has 1 nitrogen and oxygen atoms in total. The second kappa shape index (κ2) is 6.75. The van der Waals surface area contributed by atoms with Crippen molar-refractivity contribution in [2.24, 2.45) is 0 Å². The monoisotopic (exact) mass is 351 g/mol. The van der Waals surface area contributed by atoms with E-state index >= 15 is 0 Å². The van der Waals surface area contributed by atoms with Crippen LogP contribution in [0.3, 0.4) is 0 Å². The molecule has 0 aromatic heterocycles. The average molecular weight is 353 g/mol. The van der Waals surface area contributed by atoms with E-state index in [9.17, 15) is 0 Å². The van der Waals surface area contributed by atoms with Gasteiger partial charge in [0.15, 0.2) is 0 Å². The highest BCUT2D eigenvalue weighted by Gasteiger charge is 2.09. The first kappa shape index (κ1) is 15.6. The lowest BCUT2D eigenvalue weighted by Crippen LogP contribution is -2.19. The maximum atomic E-state index is 5.96. The Hall–Kier alpha value is -0.830. The molecule has 0 aliphatic rings. The van der Waals surface area contributed by atoms with Crippen molar-refractivity contribution in [3.63, 3.8) is 0 Å². The van der Waals surface area contributed by atoms with Gasteiger partial charge in [-0.3, -0.25) is 0 Å². The van der Waals surface area contributed by atoms with Gasteiger partial charge in [0.1, 0.15) is 0 Å². The molecular formula is C17H19BrClN. The van der Waals surface area contributed by atoms with Crippen LogP contribution >= 0.6 is 27.5 Å². The van der Waals surface area contributed by atoms with E-state index in [0.717, 1.165) is 16.0 Å². The van der Waals surface area contributed by atoms with Gasteiger partial charge in [0.2, 0.25) is 0 Å². The van der Waals surface area contributed by atoms with Crippen LogP contribution in [0.15, 0.2) is 40.9 Å². The van der Waals surface area contributed by atoms with Crippen molar-refractivity contribution in [3.05, 3.63) is 68.1 Å². The molecule has 0 heterocycles. The topological polar surface area (TPSA) is 12.0 Å². The Labute approximate surface area is 134 Å². The number of hydrogen-bond acceptors (Lipinski definition) is 1. The number of aryl methyl sites for hydroxylation is 2. The second-order valence-corrected chi connectivity index (χ2v) is 6.49. The summed E-state index contributed by atoms with van der Waals surface area (Å²) in [4.78, 5) is 0. The largest absolute Gasteiger partial charge is 0.306 e. The minimum absolute atomic E-state index is 0.318. The number of benzene rings is 2. The summed E-state index contributed by atoms with van der Waals surface area (Å²) < 4.78 is 1.05. The van der Waals surface area contributed by atoms with E-state index in [4.69, 9.17) is 11.6 Å². The summed E-state index contributed by atoms with van der Waals surface area (Å²) in [5.74, 6) is 0. The van der Waals surface area contributed by atoms with E-state index in [1.165, 1.54) is 22.3 Å². The summed E-state index contributed by atoms with van der Waals surface area (Å²) >= 11 is 9.51. The summed E-state index contributed by atoms with van der Waals surface area (Å²) in [5.41, 5.74) is 5.20. The second-order valence-electron chi connectivity index (χ2n) is 5.20. The molecule has 0 aliphatic heterocycles. The van der Waals surface area contributed by atoms with Crippen LogP contribution in [0.1, 0.15) is 35.2 Å². The standard InChI is InChI=1S/C17H19BrClN/c1-11-4-7-16(12(2)8-11)13(3)20-10-14-5-6-15(19)9-17(14)18/h4-9,13,20H,10H2,1-3H3. The van der Waals surface area contributed by atoms with Crippen LogP contribution in [-0.4, -0.2) is 0 Å². The highest BCUT2D eigenvalue weighted by molar-refractivity contribution is 9.10. The lowest BCUT2D eigenvalue weighted by Gasteiger charge is -2.17. The van der Waals surface area contributed by atoms with Crippen molar-refractivity contribution < 1.29 is 0 Å². The predicted octanol–water partition coefficient (Wildman–Crippen LogP) is 5.57. The Morgan fingerprint density at radius 2 is 1.90 bits per heavy atom. The highest BCUT2D eigenvalue weighted by Crippen LogP contribution is 2.23. The Morgan fingerprint density at radius 3 is 2.55 bits per heavy atom. The molecule has 1 unspecified atom stereocenters. The third-order valence-electron chi connectivity index (χ3n) is 3.51. The zero-order valence-electron chi connectivity index (χ0n) is 12.0. The van der Waals surface area contributed by atoms with Crippen molar-refractivity contribution in [1.82, 2.24) is 5.32 Å². The number of nitrogens with one attached hydrogen (secondary N) is 1. The zero-order valence-corrected chi connectivity index (χ0v) is 14.3. The lowest BCUT2D eigenvalue weighted by molar-refractivity contribution is 0.571. The quantitative estimate of drug-likeness (QED) is 0.758. The predicted molar refractivity (Wildman–Crippen MR) is 90.3 cm³/mol. The van der Waals surface area contributed by atoms with Gasteiger partial charge >= 0.3 is 0 Å². The molecule has 2 aromatic carbocycles. The van der Waals surface area contributed by atoms with Crippen molar-refractivity contribution >= 4 is 27.5 Å². The molecule has 1 atom stereocenters. The maximum Gasteiger partial charge on any atom is 0.0417 e. The summed E-state index contributed by atoms with van der Waals surface area (Å²) in [6, 6.07) is 12.8. The van der Waals surface area contributed by atoms with Crippen LogP contribution in [0.5, 0.6) is 0 Å². The summed E-state index contributed by atoms with van der Waals surface area (Å²) in [7, 11) is 0. The Kier molecular flexibility index (Phi) is 5.25. The molecule has 1 N–H and O–H groups in total. The third kappa shape index (κ3) is 3.85. The fourth-order valence-corrected chi connectivity index (χ4v) is 3.17. The minimum Gasteiger partial charge on any atom is -0.306 e. The van der Waals surface area contributed by atoms with Gasteiger partial charge in [-0.2, -0.15) is 0 Å². The van der Waals surface area contributed by atoms with Gasteiger partial charge < -0.3 is 5.32 Å². The molecule has 20 heavy (non-hydrogen) atoms. The number of hydrogen-bond donors (Lipinski definition) is 1. The minimum atomic E-state index is 0.318. The van der Waals surface area contributed by atoms with E-state index in [1.807, 2.05) is 18.2 Å². The average Bonchev–Trinajstić information content (AvgIpc) is 2.37. The van der Waals surface area contributed by atoms with Crippen LogP contribution in [0.2, 0.25) is 5.02 Å². The van der Waals surface area contributed by atoms with Gasteiger partial charge in [-0.15, -0.1) is 0 Å². The van der Waals surface area contributed by atoms with E-state index < -0.39 is 0 Å². The molecule has 0 fully saturated rings. The number of rotatable bonds is 4. The Balaban J connectivity index is 2.06. The SMILES string of the molecule is Cc1ccc(C(C)NCc2ccc(Cl)cc2Br)c(C)c1. The lowest BCUT2D eigenvalue weighted by atomic mass is 10.00. The summed E-state index contributed by atoms with van der Waals surface area (Å²) in [6.45, 7) is 7.30. The number of halogens is 2.